The molecule has 2 heterocycles. The molecule has 1 aliphatic rings. The molecule has 1 unspecified atom stereocenters. The highest BCUT2D eigenvalue weighted by Gasteiger charge is 2.15. The third kappa shape index (κ3) is 8.78. The lowest BCUT2D eigenvalue weighted by Crippen LogP contribution is -2.37. The monoisotopic (exact) mass is 494 g/mol. The van der Waals surface area contributed by atoms with Crippen molar-refractivity contribution in [1.29, 1.82) is 0 Å². The van der Waals surface area contributed by atoms with Gasteiger partial charge < -0.3 is 24.6 Å². The fourth-order valence-corrected chi connectivity index (χ4v) is 3.07. The molecule has 2 rings (SSSR count). The second-order valence-corrected chi connectivity index (χ2v) is 6.65. The summed E-state index contributed by atoms with van der Waals surface area (Å²) in [6.45, 7) is 8.04. The van der Waals surface area contributed by atoms with Crippen molar-refractivity contribution in [1.82, 2.24) is 15.8 Å². The molecule has 0 bridgehead atoms. The highest BCUT2D eigenvalue weighted by molar-refractivity contribution is 14.0. The molecule has 2 N–H and O–H groups in total. The number of aromatic nitrogens is 1. The predicted molar refractivity (Wildman–Crippen MR) is 118 cm³/mol. The van der Waals surface area contributed by atoms with Crippen molar-refractivity contribution in [3.8, 4) is 0 Å². The van der Waals surface area contributed by atoms with E-state index in [1.165, 1.54) is 0 Å². The van der Waals surface area contributed by atoms with Crippen LogP contribution in [0.4, 0.5) is 0 Å². The second kappa shape index (κ2) is 14.2. The van der Waals surface area contributed by atoms with Crippen molar-refractivity contribution in [2.75, 3.05) is 33.4 Å². The first kappa shape index (κ1) is 24.2. The van der Waals surface area contributed by atoms with Crippen molar-refractivity contribution >= 4 is 29.9 Å². The molecule has 27 heavy (non-hydrogen) atoms. The summed E-state index contributed by atoms with van der Waals surface area (Å²) in [7, 11) is 1.76. The number of hydrogen-bond acceptors (Lipinski definition) is 5. The highest BCUT2D eigenvalue weighted by Crippen LogP contribution is 2.22. The van der Waals surface area contributed by atoms with E-state index in [0.717, 1.165) is 69.3 Å². The summed E-state index contributed by atoms with van der Waals surface area (Å²) in [6, 6.07) is 2.04. The number of nitrogens with one attached hydrogen (secondary N) is 2. The van der Waals surface area contributed by atoms with Gasteiger partial charge in [-0.2, -0.15) is 0 Å². The number of hydrogen-bond donors (Lipinski definition) is 2. The lowest BCUT2D eigenvalue weighted by Gasteiger charge is -2.12. The zero-order chi connectivity index (χ0) is 18.6. The summed E-state index contributed by atoms with van der Waals surface area (Å²) in [6.07, 6.45) is 5.65. The number of guanidine groups is 1. The summed E-state index contributed by atoms with van der Waals surface area (Å²) in [5.41, 5.74) is 1.04. The minimum atomic E-state index is 0. The first-order chi connectivity index (χ1) is 12.8. The largest absolute Gasteiger partial charge is 0.379 e. The maximum atomic E-state index is 5.66. The normalized spacial score (nSPS) is 17.2. The Kier molecular flexibility index (Phi) is 12.7. The van der Waals surface area contributed by atoms with Crippen LogP contribution in [0.25, 0.3) is 0 Å². The van der Waals surface area contributed by atoms with E-state index < -0.39 is 0 Å². The lowest BCUT2D eigenvalue weighted by molar-refractivity contribution is 0.0168. The highest BCUT2D eigenvalue weighted by atomic mass is 127. The van der Waals surface area contributed by atoms with Gasteiger partial charge >= 0.3 is 0 Å². The molecule has 0 saturated carbocycles. The van der Waals surface area contributed by atoms with Crippen LogP contribution in [-0.4, -0.2) is 50.6 Å². The molecule has 0 spiro atoms. The average molecular weight is 494 g/mol. The number of ether oxygens (including phenoxy) is 2. The fourth-order valence-electron chi connectivity index (χ4n) is 3.07. The van der Waals surface area contributed by atoms with E-state index in [-0.39, 0.29) is 24.0 Å². The van der Waals surface area contributed by atoms with E-state index in [1.807, 2.05) is 6.07 Å². The number of nitrogens with zero attached hydrogens (tertiary/aromatic N) is 2. The van der Waals surface area contributed by atoms with Crippen molar-refractivity contribution in [3.05, 3.63) is 17.5 Å². The quantitative estimate of drug-likeness (QED) is 0.212. The molecule has 1 aromatic heterocycles. The number of aliphatic imine (C=N–C) groups is 1. The van der Waals surface area contributed by atoms with Gasteiger partial charge in [-0.25, -0.2) is 0 Å². The summed E-state index contributed by atoms with van der Waals surface area (Å²) in [5, 5.41) is 10.7. The van der Waals surface area contributed by atoms with E-state index in [9.17, 15) is 0 Å². The van der Waals surface area contributed by atoms with E-state index >= 15 is 0 Å². The Morgan fingerprint density at radius 3 is 2.85 bits per heavy atom. The zero-order valence-corrected chi connectivity index (χ0v) is 19.2. The Labute approximate surface area is 180 Å². The molecule has 0 amide bonds. The van der Waals surface area contributed by atoms with Gasteiger partial charge in [0.25, 0.3) is 0 Å². The van der Waals surface area contributed by atoms with Gasteiger partial charge in [-0.15, -0.1) is 24.0 Å². The Morgan fingerprint density at radius 1 is 1.37 bits per heavy atom. The van der Waals surface area contributed by atoms with E-state index in [2.05, 4.69) is 34.6 Å². The van der Waals surface area contributed by atoms with Gasteiger partial charge in [0.15, 0.2) is 11.7 Å². The van der Waals surface area contributed by atoms with Crippen LogP contribution in [-0.2, 0) is 16.0 Å². The van der Waals surface area contributed by atoms with Gasteiger partial charge in [-0.1, -0.05) is 19.0 Å². The molecule has 1 atom stereocenters. The van der Waals surface area contributed by atoms with Crippen molar-refractivity contribution in [3.63, 3.8) is 0 Å². The molecule has 1 saturated heterocycles. The lowest BCUT2D eigenvalue weighted by atomic mass is 9.99. The van der Waals surface area contributed by atoms with Gasteiger partial charge in [0.05, 0.1) is 24.9 Å². The van der Waals surface area contributed by atoms with Crippen LogP contribution >= 0.6 is 24.0 Å². The minimum Gasteiger partial charge on any atom is -0.379 e. The first-order valence-electron chi connectivity index (χ1n) is 9.86. The van der Waals surface area contributed by atoms with Crippen LogP contribution < -0.4 is 10.6 Å². The van der Waals surface area contributed by atoms with Crippen LogP contribution in [0.2, 0.25) is 0 Å². The number of halogens is 1. The smallest absolute Gasteiger partial charge is 0.191 e. The molecule has 7 nitrogen and oxygen atoms in total. The molecule has 1 aliphatic heterocycles. The van der Waals surface area contributed by atoms with Gasteiger partial charge in [0, 0.05) is 38.8 Å². The van der Waals surface area contributed by atoms with Crippen molar-refractivity contribution in [2.24, 2.45) is 4.99 Å². The van der Waals surface area contributed by atoms with E-state index in [1.54, 1.807) is 7.05 Å². The van der Waals surface area contributed by atoms with Crippen LogP contribution in [0, 0.1) is 0 Å². The molecule has 0 radical (unpaired) electrons. The third-order valence-electron chi connectivity index (χ3n) is 4.72. The maximum Gasteiger partial charge on any atom is 0.191 e. The van der Waals surface area contributed by atoms with Crippen molar-refractivity contribution < 1.29 is 14.0 Å². The molecule has 0 aliphatic carbocycles. The molecule has 1 aromatic rings. The van der Waals surface area contributed by atoms with Gasteiger partial charge in [-0.3, -0.25) is 4.99 Å². The number of rotatable bonds is 11. The van der Waals surface area contributed by atoms with E-state index in [4.69, 9.17) is 14.0 Å². The molecule has 8 heteroatoms. The van der Waals surface area contributed by atoms with Crippen LogP contribution in [0.15, 0.2) is 15.6 Å². The first-order valence-corrected chi connectivity index (χ1v) is 9.86. The topological polar surface area (TPSA) is 80.9 Å². The summed E-state index contributed by atoms with van der Waals surface area (Å²) in [5.74, 6) is 2.05. The Bertz CT molecular complexity index is 529. The van der Waals surface area contributed by atoms with E-state index in [0.29, 0.717) is 25.2 Å². The van der Waals surface area contributed by atoms with Crippen molar-refractivity contribution in [2.45, 2.75) is 64.5 Å². The third-order valence-corrected chi connectivity index (χ3v) is 4.72. The Morgan fingerprint density at radius 2 is 2.19 bits per heavy atom. The molecule has 156 valence electrons. The average Bonchev–Trinajstić information content (AvgIpc) is 3.34. The molecule has 1 fully saturated rings. The fraction of sp³-hybridized carbons (Fsp3) is 0.789. The molecular formula is C19H35IN4O3. The summed E-state index contributed by atoms with van der Waals surface area (Å²) < 4.78 is 16.6. The van der Waals surface area contributed by atoms with Crippen LogP contribution in [0.1, 0.15) is 63.3 Å². The Balaban J connectivity index is 0.00000364. The Hall–Kier alpha value is -0.870. The van der Waals surface area contributed by atoms with Crippen LogP contribution in [0.3, 0.4) is 0 Å². The van der Waals surface area contributed by atoms with Gasteiger partial charge in [0.2, 0.25) is 0 Å². The molecule has 0 aromatic carbocycles. The van der Waals surface area contributed by atoms with Gasteiger partial charge in [0.1, 0.15) is 0 Å². The standard InChI is InChI=1S/C19H34N4O3.HI/c1-4-15(5-2)18-12-17(26-23-18)13-22-19(20-3)21-9-7-10-24-14-16-8-6-11-25-16;/h12,15-16H,4-11,13-14H2,1-3H3,(H2,20,21,22);1H. The van der Waals surface area contributed by atoms with Gasteiger partial charge in [-0.05, 0) is 32.1 Å². The zero-order valence-electron chi connectivity index (χ0n) is 16.8. The summed E-state index contributed by atoms with van der Waals surface area (Å²) >= 11 is 0. The summed E-state index contributed by atoms with van der Waals surface area (Å²) in [4.78, 5) is 4.23. The maximum absolute atomic E-state index is 5.66. The second-order valence-electron chi connectivity index (χ2n) is 6.65. The molecular weight excluding hydrogens is 459 g/mol. The predicted octanol–water partition coefficient (Wildman–Crippen LogP) is 3.45. The van der Waals surface area contributed by atoms with Crippen LogP contribution in [0.5, 0.6) is 0 Å². The SMILES string of the molecule is CCC(CC)c1cc(CNC(=NC)NCCCOCC2CCCO2)on1.I. The minimum absolute atomic E-state index is 0.